The third-order valence-corrected chi connectivity index (χ3v) is 4.25. The molecule has 0 aliphatic carbocycles. The lowest BCUT2D eigenvalue weighted by Crippen LogP contribution is -2.22. The molecule has 0 fully saturated rings. The highest BCUT2D eigenvalue weighted by molar-refractivity contribution is 9.10. The number of aromatic amines is 1. The number of aromatic nitrogens is 1. The lowest BCUT2D eigenvalue weighted by molar-refractivity contribution is 0.102. The van der Waals surface area contributed by atoms with Gasteiger partial charge in [-0.2, -0.15) is 0 Å². The first-order valence-corrected chi connectivity index (χ1v) is 8.01. The Morgan fingerprint density at radius 1 is 1.22 bits per heavy atom. The van der Waals surface area contributed by atoms with Crippen LogP contribution in [0.15, 0.2) is 51.9 Å². The summed E-state index contributed by atoms with van der Waals surface area (Å²) in [5.41, 5.74) is 1.88. The Bertz CT molecular complexity index is 982. The fourth-order valence-corrected chi connectivity index (χ4v) is 2.97. The summed E-state index contributed by atoms with van der Waals surface area (Å²) in [6, 6.07) is 10.4. The van der Waals surface area contributed by atoms with Crippen LogP contribution in [0.3, 0.4) is 0 Å². The van der Waals surface area contributed by atoms with Crippen molar-refractivity contribution in [2.75, 3.05) is 5.32 Å². The summed E-state index contributed by atoms with van der Waals surface area (Å²) in [6.45, 7) is 1.88. The summed E-state index contributed by atoms with van der Waals surface area (Å²) >= 11 is 9.28. The fraction of sp³-hybridized carbons (Fsp3) is 0.0588. The van der Waals surface area contributed by atoms with Gasteiger partial charge in [-0.25, -0.2) is 0 Å². The van der Waals surface area contributed by atoms with Crippen LogP contribution < -0.4 is 10.7 Å². The van der Waals surface area contributed by atoms with Gasteiger partial charge < -0.3 is 10.3 Å². The van der Waals surface area contributed by atoms with Gasteiger partial charge in [-0.05, 0) is 48.9 Å². The van der Waals surface area contributed by atoms with Gasteiger partial charge in [0.05, 0.1) is 5.52 Å². The molecule has 0 aliphatic heterocycles. The number of anilines is 1. The maximum absolute atomic E-state index is 12.5. The van der Waals surface area contributed by atoms with E-state index in [1.54, 1.807) is 24.3 Å². The quantitative estimate of drug-likeness (QED) is 0.675. The van der Waals surface area contributed by atoms with E-state index in [1.165, 1.54) is 6.20 Å². The van der Waals surface area contributed by atoms with E-state index in [-0.39, 0.29) is 11.0 Å². The first-order chi connectivity index (χ1) is 11.0. The predicted octanol–water partition coefficient (Wildman–Crippen LogP) is 4.50. The van der Waals surface area contributed by atoms with Crippen molar-refractivity contribution < 1.29 is 4.79 Å². The zero-order valence-electron chi connectivity index (χ0n) is 12.1. The molecule has 3 aromatic rings. The maximum atomic E-state index is 12.5. The molecule has 0 atom stereocenters. The smallest absolute Gasteiger partial charge is 0.261 e. The van der Waals surface area contributed by atoms with Gasteiger partial charge in [0, 0.05) is 26.8 Å². The van der Waals surface area contributed by atoms with Gasteiger partial charge in [0.15, 0.2) is 0 Å². The number of halogens is 2. The number of rotatable bonds is 2. The zero-order valence-corrected chi connectivity index (χ0v) is 14.5. The number of fused-ring (bicyclic) bond motifs is 1. The average Bonchev–Trinajstić information content (AvgIpc) is 2.50. The van der Waals surface area contributed by atoms with E-state index in [2.05, 4.69) is 26.2 Å². The molecule has 1 aromatic heterocycles. The van der Waals surface area contributed by atoms with E-state index in [0.717, 1.165) is 10.0 Å². The molecule has 0 saturated carbocycles. The first-order valence-electron chi connectivity index (χ1n) is 6.84. The third-order valence-electron chi connectivity index (χ3n) is 3.52. The summed E-state index contributed by atoms with van der Waals surface area (Å²) in [6.07, 6.45) is 1.41. The number of hydrogen-bond donors (Lipinski definition) is 2. The second kappa shape index (κ2) is 6.18. The van der Waals surface area contributed by atoms with Gasteiger partial charge in [0.1, 0.15) is 5.56 Å². The third kappa shape index (κ3) is 3.16. The van der Waals surface area contributed by atoms with E-state index >= 15 is 0 Å². The lowest BCUT2D eigenvalue weighted by Gasteiger charge is -2.09. The van der Waals surface area contributed by atoms with Crippen LogP contribution in [0.1, 0.15) is 15.9 Å². The standard InChI is InChI=1S/C17H12BrClN2O2/c1-9-6-10(18)2-5-14(9)21-17(23)13-8-20-15-7-11(19)3-4-12(15)16(13)22/h2-8H,1H3,(H,20,22)(H,21,23). The van der Waals surface area contributed by atoms with Crippen molar-refractivity contribution in [1.82, 2.24) is 4.98 Å². The molecule has 0 unspecified atom stereocenters. The van der Waals surface area contributed by atoms with Crippen LogP contribution in [0.4, 0.5) is 5.69 Å². The molecule has 2 N–H and O–H groups in total. The van der Waals surface area contributed by atoms with Gasteiger partial charge in [-0.3, -0.25) is 9.59 Å². The van der Waals surface area contributed by atoms with Gasteiger partial charge in [-0.15, -0.1) is 0 Å². The summed E-state index contributed by atoms with van der Waals surface area (Å²) in [5, 5.41) is 3.71. The van der Waals surface area contributed by atoms with Gasteiger partial charge in [0.2, 0.25) is 5.43 Å². The van der Waals surface area contributed by atoms with E-state index < -0.39 is 5.91 Å². The second-order valence-corrected chi connectivity index (χ2v) is 6.49. The van der Waals surface area contributed by atoms with E-state index in [9.17, 15) is 9.59 Å². The Balaban J connectivity index is 1.99. The topological polar surface area (TPSA) is 62.0 Å². The fourth-order valence-electron chi connectivity index (χ4n) is 2.32. The molecule has 0 bridgehead atoms. The SMILES string of the molecule is Cc1cc(Br)ccc1NC(=O)c1c[nH]c2cc(Cl)ccc2c1=O. The molecule has 2 aromatic carbocycles. The van der Waals surface area contributed by atoms with Crippen LogP contribution >= 0.6 is 27.5 Å². The van der Waals surface area contributed by atoms with Gasteiger partial charge >= 0.3 is 0 Å². The molecule has 0 spiro atoms. The van der Waals surface area contributed by atoms with Crippen LogP contribution in [0, 0.1) is 6.92 Å². The minimum Gasteiger partial charge on any atom is -0.360 e. The predicted molar refractivity (Wildman–Crippen MR) is 96.4 cm³/mol. The number of benzene rings is 2. The maximum Gasteiger partial charge on any atom is 0.261 e. The molecule has 23 heavy (non-hydrogen) atoms. The Hall–Kier alpha value is -2.11. The van der Waals surface area contributed by atoms with Crippen LogP contribution in [-0.4, -0.2) is 10.9 Å². The van der Waals surface area contributed by atoms with Crippen LogP contribution in [0.5, 0.6) is 0 Å². The number of amides is 1. The number of H-pyrrole nitrogens is 1. The summed E-state index contributed by atoms with van der Waals surface area (Å²) in [7, 11) is 0. The monoisotopic (exact) mass is 390 g/mol. The molecule has 0 saturated heterocycles. The van der Waals surface area contributed by atoms with Crippen molar-refractivity contribution >= 4 is 50.0 Å². The molecular weight excluding hydrogens is 380 g/mol. The summed E-state index contributed by atoms with van der Waals surface area (Å²) in [4.78, 5) is 27.8. The van der Waals surface area contributed by atoms with Crippen LogP contribution in [0.25, 0.3) is 10.9 Å². The molecule has 3 rings (SSSR count). The van der Waals surface area contributed by atoms with E-state index in [0.29, 0.717) is 21.6 Å². The minimum absolute atomic E-state index is 0.0575. The van der Waals surface area contributed by atoms with Crippen molar-refractivity contribution in [3.63, 3.8) is 0 Å². The molecule has 1 heterocycles. The highest BCUT2D eigenvalue weighted by Crippen LogP contribution is 2.21. The van der Waals surface area contributed by atoms with Crippen molar-refractivity contribution in [3.8, 4) is 0 Å². The molecule has 0 aliphatic rings. The summed E-state index contributed by atoms with van der Waals surface area (Å²) in [5.74, 6) is -0.450. The highest BCUT2D eigenvalue weighted by atomic mass is 79.9. The Morgan fingerprint density at radius 2 is 2.00 bits per heavy atom. The zero-order chi connectivity index (χ0) is 16.6. The van der Waals surface area contributed by atoms with Crippen LogP contribution in [0.2, 0.25) is 5.02 Å². The second-order valence-electron chi connectivity index (χ2n) is 5.13. The molecular formula is C17H12BrClN2O2. The van der Waals surface area contributed by atoms with Gasteiger partial charge in [0.25, 0.3) is 5.91 Å². The lowest BCUT2D eigenvalue weighted by atomic mass is 10.1. The largest absolute Gasteiger partial charge is 0.360 e. The van der Waals surface area contributed by atoms with Crippen molar-refractivity contribution in [1.29, 1.82) is 0 Å². The normalized spacial score (nSPS) is 10.7. The molecule has 4 nitrogen and oxygen atoms in total. The number of pyridine rings is 1. The van der Waals surface area contributed by atoms with Crippen molar-refractivity contribution in [3.05, 3.63) is 73.4 Å². The molecule has 1 amide bonds. The van der Waals surface area contributed by atoms with Crippen molar-refractivity contribution in [2.24, 2.45) is 0 Å². The molecule has 0 radical (unpaired) electrons. The van der Waals surface area contributed by atoms with Crippen LogP contribution in [-0.2, 0) is 0 Å². The first kappa shape index (κ1) is 15.8. The van der Waals surface area contributed by atoms with E-state index in [1.807, 2.05) is 19.1 Å². The number of hydrogen-bond acceptors (Lipinski definition) is 2. The molecule has 6 heteroatoms. The Kier molecular flexibility index (Phi) is 4.24. The number of nitrogens with one attached hydrogen (secondary N) is 2. The number of carbonyl (C=O) groups is 1. The van der Waals surface area contributed by atoms with E-state index in [4.69, 9.17) is 11.6 Å². The van der Waals surface area contributed by atoms with Gasteiger partial charge in [-0.1, -0.05) is 27.5 Å². The summed E-state index contributed by atoms with van der Waals surface area (Å²) < 4.78 is 0.924. The number of carbonyl (C=O) groups excluding carboxylic acids is 1. The highest BCUT2D eigenvalue weighted by Gasteiger charge is 2.14. The number of aryl methyl sites for hydroxylation is 1. The Morgan fingerprint density at radius 3 is 2.74 bits per heavy atom. The average molecular weight is 392 g/mol. The van der Waals surface area contributed by atoms with Crippen molar-refractivity contribution in [2.45, 2.75) is 6.92 Å². The minimum atomic E-state index is -0.450. The Labute approximate surface area is 145 Å². The molecule has 116 valence electrons.